The standard InChI is InChI=1S/C16H15NO3S/c18-8-2-1-3-12-9-15(21-11-12)10-17-16(20)13-4-6-14(19)7-5-13/h4-7,9,11,18-19H,2,8,10H2,(H,17,20). The van der Waals surface area contributed by atoms with E-state index in [2.05, 4.69) is 17.2 Å². The van der Waals surface area contributed by atoms with Gasteiger partial charge < -0.3 is 15.5 Å². The largest absolute Gasteiger partial charge is 0.508 e. The van der Waals surface area contributed by atoms with Gasteiger partial charge in [-0.15, -0.1) is 11.3 Å². The van der Waals surface area contributed by atoms with Crippen molar-refractivity contribution in [3.63, 3.8) is 0 Å². The van der Waals surface area contributed by atoms with E-state index in [1.807, 2.05) is 11.4 Å². The Hall–Kier alpha value is -2.29. The molecule has 0 aliphatic heterocycles. The average molecular weight is 301 g/mol. The van der Waals surface area contributed by atoms with Gasteiger partial charge in [0.1, 0.15) is 5.75 Å². The SMILES string of the molecule is O=C(NCc1cc(C#CCCO)cs1)c1ccc(O)cc1. The minimum atomic E-state index is -0.184. The number of amides is 1. The predicted octanol–water partition coefficient (Wildman–Crippen LogP) is 2.12. The Morgan fingerprint density at radius 2 is 2.05 bits per heavy atom. The molecule has 5 heteroatoms. The normalized spacial score (nSPS) is 9.76. The van der Waals surface area contributed by atoms with Crippen LogP contribution in [0.25, 0.3) is 0 Å². The lowest BCUT2D eigenvalue weighted by Crippen LogP contribution is -2.22. The number of rotatable bonds is 4. The lowest BCUT2D eigenvalue weighted by molar-refractivity contribution is 0.0951. The molecule has 1 aromatic heterocycles. The van der Waals surface area contributed by atoms with Gasteiger partial charge in [0.2, 0.25) is 0 Å². The number of hydrogen-bond acceptors (Lipinski definition) is 4. The minimum absolute atomic E-state index is 0.0622. The van der Waals surface area contributed by atoms with Crippen LogP contribution in [0.5, 0.6) is 5.75 Å². The van der Waals surface area contributed by atoms with Crippen LogP contribution in [0.3, 0.4) is 0 Å². The summed E-state index contributed by atoms with van der Waals surface area (Å²) in [6.07, 6.45) is 0.461. The average Bonchev–Trinajstić information content (AvgIpc) is 2.94. The van der Waals surface area contributed by atoms with Crippen molar-refractivity contribution < 1.29 is 15.0 Å². The summed E-state index contributed by atoms with van der Waals surface area (Å²) in [7, 11) is 0. The second-order valence-corrected chi connectivity index (χ2v) is 5.30. The fourth-order valence-electron chi connectivity index (χ4n) is 1.64. The molecule has 0 spiro atoms. The Kier molecular flexibility index (Phi) is 5.38. The molecule has 3 N–H and O–H groups in total. The molecule has 0 saturated heterocycles. The van der Waals surface area contributed by atoms with Crippen molar-refractivity contribution in [1.29, 1.82) is 0 Å². The van der Waals surface area contributed by atoms with Crippen LogP contribution < -0.4 is 5.32 Å². The molecule has 1 heterocycles. The van der Waals surface area contributed by atoms with Gasteiger partial charge in [-0.1, -0.05) is 11.8 Å². The number of hydrogen-bond donors (Lipinski definition) is 3. The highest BCUT2D eigenvalue weighted by molar-refractivity contribution is 7.10. The van der Waals surface area contributed by atoms with E-state index >= 15 is 0 Å². The summed E-state index contributed by atoms with van der Waals surface area (Å²) >= 11 is 1.53. The van der Waals surface area contributed by atoms with Crippen molar-refractivity contribution >= 4 is 17.2 Å². The Morgan fingerprint density at radius 1 is 1.29 bits per heavy atom. The second kappa shape index (κ2) is 7.48. The third-order valence-corrected chi connectivity index (χ3v) is 3.61. The first-order chi connectivity index (χ1) is 10.2. The van der Waals surface area contributed by atoms with Crippen molar-refractivity contribution in [2.75, 3.05) is 6.61 Å². The highest BCUT2D eigenvalue weighted by Crippen LogP contribution is 2.14. The smallest absolute Gasteiger partial charge is 0.251 e. The van der Waals surface area contributed by atoms with Crippen LogP contribution in [0.4, 0.5) is 0 Å². The Balaban J connectivity index is 1.90. The summed E-state index contributed by atoms with van der Waals surface area (Å²) in [6, 6.07) is 8.03. The number of aliphatic hydroxyl groups is 1. The van der Waals surface area contributed by atoms with Crippen LogP contribution in [0, 0.1) is 11.8 Å². The highest BCUT2D eigenvalue weighted by Gasteiger charge is 2.06. The quantitative estimate of drug-likeness (QED) is 0.758. The summed E-state index contributed by atoms with van der Waals surface area (Å²) in [4.78, 5) is 12.9. The summed E-state index contributed by atoms with van der Waals surface area (Å²) in [5.74, 6) is 5.76. The fraction of sp³-hybridized carbons (Fsp3) is 0.188. The van der Waals surface area contributed by atoms with Crippen LogP contribution in [0.2, 0.25) is 0 Å². The molecule has 0 fully saturated rings. The number of aromatic hydroxyl groups is 1. The number of nitrogens with one attached hydrogen (secondary N) is 1. The first-order valence-electron chi connectivity index (χ1n) is 6.43. The van der Waals surface area contributed by atoms with Crippen molar-refractivity contribution in [1.82, 2.24) is 5.32 Å². The summed E-state index contributed by atoms with van der Waals surface area (Å²) in [5.41, 5.74) is 1.40. The molecule has 1 aromatic carbocycles. The molecule has 0 radical (unpaired) electrons. The number of benzene rings is 1. The summed E-state index contributed by atoms with van der Waals surface area (Å²) in [6.45, 7) is 0.499. The lowest BCUT2D eigenvalue weighted by atomic mass is 10.2. The van der Waals surface area contributed by atoms with E-state index in [9.17, 15) is 9.90 Å². The maximum Gasteiger partial charge on any atom is 0.251 e. The van der Waals surface area contributed by atoms with E-state index < -0.39 is 0 Å². The molecule has 0 saturated carbocycles. The lowest BCUT2D eigenvalue weighted by Gasteiger charge is -2.03. The maximum atomic E-state index is 11.9. The molecule has 4 nitrogen and oxygen atoms in total. The molecular weight excluding hydrogens is 286 g/mol. The zero-order chi connectivity index (χ0) is 15.1. The van der Waals surface area contributed by atoms with Crippen molar-refractivity contribution in [3.8, 4) is 17.6 Å². The molecular formula is C16H15NO3S. The first-order valence-corrected chi connectivity index (χ1v) is 7.31. The highest BCUT2D eigenvalue weighted by atomic mass is 32.1. The van der Waals surface area contributed by atoms with E-state index in [0.29, 0.717) is 18.5 Å². The Morgan fingerprint density at radius 3 is 2.76 bits per heavy atom. The van der Waals surface area contributed by atoms with Crippen molar-refractivity contribution in [3.05, 3.63) is 51.7 Å². The van der Waals surface area contributed by atoms with Crippen LogP contribution >= 0.6 is 11.3 Å². The molecule has 2 aromatic rings. The van der Waals surface area contributed by atoms with Gasteiger partial charge in [-0.05, 0) is 30.3 Å². The van der Waals surface area contributed by atoms with E-state index in [1.54, 1.807) is 12.1 Å². The van der Waals surface area contributed by atoms with Gasteiger partial charge in [-0.25, -0.2) is 0 Å². The Labute approximate surface area is 127 Å². The van der Waals surface area contributed by atoms with Crippen LogP contribution in [0.15, 0.2) is 35.7 Å². The van der Waals surface area contributed by atoms with Crippen molar-refractivity contribution in [2.24, 2.45) is 0 Å². The van der Waals surface area contributed by atoms with E-state index in [1.165, 1.54) is 23.5 Å². The zero-order valence-corrected chi connectivity index (χ0v) is 12.1. The molecule has 0 aliphatic rings. The van der Waals surface area contributed by atoms with Gasteiger partial charge in [0.25, 0.3) is 5.91 Å². The van der Waals surface area contributed by atoms with Gasteiger partial charge in [-0.2, -0.15) is 0 Å². The van der Waals surface area contributed by atoms with Gasteiger partial charge in [0, 0.05) is 27.8 Å². The van der Waals surface area contributed by atoms with Gasteiger partial charge in [0.05, 0.1) is 13.2 Å². The molecule has 108 valence electrons. The molecule has 21 heavy (non-hydrogen) atoms. The zero-order valence-electron chi connectivity index (χ0n) is 11.3. The van der Waals surface area contributed by atoms with Gasteiger partial charge >= 0.3 is 0 Å². The monoisotopic (exact) mass is 301 g/mol. The Bertz CT molecular complexity index is 665. The number of aliphatic hydroxyl groups excluding tert-OH is 1. The summed E-state index contributed by atoms with van der Waals surface area (Å²) in [5, 5.41) is 22.6. The van der Waals surface area contributed by atoms with Crippen LogP contribution in [-0.4, -0.2) is 22.7 Å². The second-order valence-electron chi connectivity index (χ2n) is 4.31. The van der Waals surface area contributed by atoms with E-state index in [4.69, 9.17) is 5.11 Å². The molecule has 0 bridgehead atoms. The number of phenolic OH excluding ortho intramolecular Hbond substituents is 1. The molecule has 0 aliphatic carbocycles. The third-order valence-electron chi connectivity index (χ3n) is 2.68. The van der Waals surface area contributed by atoms with E-state index in [0.717, 1.165) is 10.4 Å². The fourth-order valence-corrected chi connectivity index (χ4v) is 2.40. The van der Waals surface area contributed by atoms with Crippen LogP contribution in [0.1, 0.15) is 27.2 Å². The topological polar surface area (TPSA) is 69.6 Å². The number of phenols is 1. The third kappa shape index (κ3) is 4.63. The predicted molar refractivity (Wildman–Crippen MR) is 82.2 cm³/mol. The van der Waals surface area contributed by atoms with Gasteiger partial charge in [-0.3, -0.25) is 4.79 Å². The number of thiophene rings is 1. The summed E-state index contributed by atoms with van der Waals surface area (Å²) < 4.78 is 0. The van der Waals surface area contributed by atoms with Crippen molar-refractivity contribution in [2.45, 2.75) is 13.0 Å². The first kappa shape index (κ1) is 15.1. The van der Waals surface area contributed by atoms with E-state index in [-0.39, 0.29) is 18.3 Å². The van der Waals surface area contributed by atoms with Crippen LogP contribution in [-0.2, 0) is 6.54 Å². The number of carbonyl (C=O) groups is 1. The molecule has 1 amide bonds. The molecule has 0 atom stereocenters. The number of carbonyl (C=O) groups excluding carboxylic acids is 1. The molecule has 2 rings (SSSR count). The minimum Gasteiger partial charge on any atom is -0.508 e. The van der Waals surface area contributed by atoms with Gasteiger partial charge in [0.15, 0.2) is 0 Å². The maximum absolute atomic E-state index is 11.9. The molecule has 0 unspecified atom stereocenters.